The number of hydrogen-bond acceptors (Lipinski definition) is 3. The number of hydrogen-bond donors (Lipinski definition) is 2. The van der Waals surface area contributed by atoms with E-state index in [1.165, 1.54) is 0 Å². The van der Waals surface area contributed by atoms with E-state index in [0.717, 1.165) is 5.56 Å². The highest BCUT2D eigenvalue weighted by molar-refractivity contribution is 5.26. The predicted molar refractivity (Wildman–Crippen MR) is 70.4 cm³/mol. The molecular weight excluding hydrogens is 271 g/mol. The van der Waals surface area contributed by atoms with E-state index < -0.39 is 18.2 Å². The number of rotatable bonds is 8. The lowest BCUT2D eigenvalue weighted by atomic mass is 9.77. The second-order valence-corrected chi connectivity index (χ2v) is 4.78. The third-order valence-electron chi connectivity index (χ3n) is 3.29. The van der Waals surface area contributed by atoms with Crippen LogP contribution in [-0.4, -0.2) is 37.6 Å². The van der Waals surface area contributed by atoms with Crippen LogP contribution in [0.25, 0.3) is 0 Å². The van der Waals surface area contributed by atoms with E-state index in [0.29, 0.717) is 12.8 Å². The molecule has 1 aromatic rings. The van der Waals surface area contributed by atoms with Crippen molar-refractivity contribution in [1.82, 2.24) is 0 Å². The van der Waals surface area contributed by atoms with Crippen LogP contribution < -0.4 is 5.73 Å². The topological polar surface area (TPSA) is 55.5 Å². The van der Waals surface area contributed by atoms with Crippen LogP contribution in [0.15, 0.2) is 30.3 Å². The fourth-order valence-corrected chi connectivity index (χ4v) is 2.09. The maximum absolute atomic E-state index is 11.9. The summed E-state index contributed by atoms with van der Waals surface area (Å²) < 4.78 is 40.4. The summed E-state index contributed by atoms with van der Waals surface area (Å²) >= 11 is 0. The molecule has 114 valence electrons. The molecule has 0 aromatic heterocycles. The van der Waals surface area contributed by atoms with Crippen molar-refractivity contribution in [3.8, 4) is 0 Å². The third-order valence-corrected chi connectivity index (χ3v) is 3.29. The van der Waals surface area contributed by atoms with Crippen LogP contribution in [0.4, 0.5) is 13.2 Å². The van der Waals surface area contributed by atoms with Crippen molar-refractivity contribution in [2.45, 2.75) is 24.4 Å². The lowest BCUT2D eigenvalue weighted by molar-refractivity contribution is -0.174. The average molecular weight is 291 g/mol. The normalized spacial score (nSPS) is 15.1. The molecule has 0 spiro atoms. The molecule has 1 aromatic carbocycles. The Labute approximate surface area is 116 Å². The Bertz CT molecular complexity index is 378. The third kappa shape index (κ3) is 5.11. The van der Waals surface area contributed by atoms with Crippen LogP contribution in [0.2, 0.25) is 0 Å². The summed E-state index contributed by atoms with van der Waals surface area (Å²) in [5.74, 6) is 0. The molecule has 1 unspecified atom stereocenters. The van der Waals surface area contributed by atoms with Gasteiger partial charge in [-0.2, -0.15) is 13.2 Å². The zero-order chi connectivity index (χ0) is 15.1. The molecule has 6 heteroatoms. The Balaban J connectivity index is 2.52. The van der Waals surface area contributed by atoms with Gasteiger partial charge in [0.05, 0.1) is 6.61 Å². The highest BCUT2D eigenvalue weighted by atomic mass is 19.4. The van der Waals surface area contributed by atoms with Crippen LogP contribution in [0.5, 0.6) is 0 Å². The second-order valence-electron chi connectivity index (χ2n) is 4.78. The molecule has 0 aliphatic carbocycles. The molecule has 20 heavy (non-hydrogen) atoms. The Morgan fingerprint density at radius 1 is 1.15 bits per heavy atom. The quantitative estimate of drug-likeness (QED) is 0.722. The van der Waals surface area contributed by atoms with Gasteiger partial charge in [0.15, 0.2) is 0 Å². The summed E-state index contributed by atoms with van der Waals surface area (Å²) in [5.41, 5.74) is 6.02. The molecule has 0 heterocycles. The van der Waals surface area contributed by atoms with Crippen molar-refractivity contribution in [1.29, 1.82) is 0 Å². The molecule has 0 saturated heterocycles. The van der Waals surface area contributed by atoms with Crippen molar-refractivity contribution < 1.29 is 23.0 Å². The van der Waals surface area contributed by atoms with Gasteiger partial charge in [0.1, 0.15) is 6.61 Å². The van der Waals surface area contributed by atoms with Gasteiger partial charge in [-0.3, -0.25) is 0 Å². The summed E-state index contributed by atoms with van der Waals surface area (Å²) in [5, 5.41) is 9.61. The van der Waals surface area contributed by atoms with Gasteiger partial charge in [-0.15, -0.1) is 0 Å². The van der Waals surface area contributed by atoms with Gasteiger partial charge >= 0.3 is 6.18 Å². The van der Waals surface area contributed by atoms with Gasteiger partial charge in [-0.05, 0) is 18.4 Å². The number of aliphatic hydroxyl groups excluding tert-OH is 1. The van der Waals surface area contributed by atoms with Crippen molar-refractivity contribution >= 4 is 0 Å². The number of nitrogens with two attached hydrogens (primary N) is 1. The Morgan fingerprint density at radius 2 is 1.80 bits per heavy atom. The van der Waals surface area contributed by atoms with E-state index in [1.54, 1.807) is 0 Å². The van der Waals surface area contributed by atoms with Gasteiger partial charge in [0, 0.05) is 18.6 Å². The van der Waals surface area contributed by atoms with E-state index in [9.17, 15) is 18.3 Å². The molecule has 0 aliphatic heterocycles. The number of benzene rings is 1. The summed E-state index contributed by atoms with van der Waals surface area (Å²) in [6.07, 6.45) is -3.42. The molecule has 0 bridgehead atoms. The van der Waals surface area contributed by atoms with E-state index >= 15 is 0 Å². The first kappa shape index (κ1) is 16.9. The molecular formula is C14H20F3NO2. The van der Waals surface area contributed by atoms with Crippen LogP contribution in [0.3, 0.4) is 0 Å². The second kappa shape index (κ2) is 7.61. The fourth-order valence-electron chi connectivity index (χ4n) is 2.09. The van der Waals surface area contributed by atoms with Crippen molar-refractivity contribution in [3.63, 3.8) is 0 Å². The zero-order valence-corrected chi connectivity index (χ0v) is 11.2. The first-order valence-corrected chi connectivity index (χ1v) is 6.44. The number of halogens is 3. The van der Waals surface area contributed by atoms with E-state index in [-0.39, 0.29) is 19.8 Å². The Hall–Kier alpha value is -1.11. The molecule has 0 fully saturated rings. The van der Waals surface area contributed by atoms with Crippen molar-refractivity contribution in [2.75, 3.05) is 26.4 Å². The minimum absolute atomic E-state index is 0.00586. The van der Waals surface area contributed by atoms with E-state index in [1.807, 2.05) is 30.3 Å². The van der Waals surface area contributed by atoms with Crippen LogP contribution in [0, 0.1) is 0 Å². The molecule has 0 radical (unpaired) electrons. The fraction of sp³-hybridized carbons (Fsp3) is 0.571. The smallest absolute Gasteiger partial charge is 0.395 e. The summed E-state index contributed by atoms with van der Waals surface area (Å²) in [6, 6.07) is 9.26. The molecule has 0 aliphatic rings. The van der Waals surface area contributed by atoms with Crippen molar-refractivity contribution in [2.24, 2.45) is 5.73 Å². The van der Waals surface area contributed by atoms with Gasteiger partial charge in [0.25, 0.3) is 0 Å². The number of alkyl halides is 3. The molecule has 0 saturated carbocycles. The van der Waals surface area contributed by atoms with Crippen LogP contribution >= 0.6 is 0 Å². The first-order chi connectivity index (χ1) is 9.43. The standard InChI is InChI=1S/C14H20F3NO2/c15-14(16,17)11-20-8-4-7-13(9-18,10-19)12-5-2-1-3-6-12/h1-3,5-6,19H,4,7-11,18H2. The molecule has 1 atom stereocenters. The van der Waals surface area contributed by atoms with E-state index in [2.05, 4.69) is 4.74 Å². The zero-order valence-electron chi connectivity index (χ0n) is 11.2. The van der Waals surface area contributed by atoms with Gasteiger partial charge in [0.2, 0.25) is 0 Å². The molecule has 3 nitrogen and oxygen atoms in total. The van der Waals surface area contributed by atoms with Crippen LogP contribution in [-0.2, 0) is 10.2 Å². The maximum atomic E-state index is 11.9. The van der Waals surface area contributed by atoms with E-state index in [4.69, 9.17) is 5.73 Å². The van der Waals surface area contributed by atoms with Gasteiger partial charge < -0.3 is 15.6 Å². The minimum atomic E-state index is -4.30. The van der Waals surface area contributed by atoms with Crippen molar-refractivity contribution in [3.05, 3.63) is 35.9 Å². The molecule has 1 rings (SSSR count). The SMILES string of the molecule is NCC(CO)(CCCOCC(F)(F)F)c1ccccc1. The predicted octanol–water partition coefficient (Wildman–Crippen LogP) is 2.23. The summed E-state index contributed by atoms with van der Waals surface area (Å²) in [7, 11) is 0. The lowest BCUT2D eigenvalue weighted by Gasteiger charge is -2.31. The first-order valence-electron chi connectivity index (χ1n) is 6.44. The summed E-state index contributed by atoms with van der Waals surface area (Å²) in [6.45, 7) is -1.17. The van der Waals surface area contributed by atoms with Gasteiger partial charge in [-0.25, -0.2) is 0 Å². The summed E-state index contributed by atoms with van der Waals surface area (Å²) in [4.78, 5) is 0. The Morgan fingerprint density at radius 3 is 2.30 bits per heavy atom. The average Bonchev–Trinajstić information content (AvgIpc) is 2.43. The minimum Gasteiger partial charge on any atom is -0.395 e. The largest absolute Gasteiger partial charge is 0.411 e. The Kier molecular flexibility index (Phi) is 6.45. The van der Waals surface area contributed by atoms with Crippen LogP contribution in [0.1, 0.15) is 18.4 Å². The maximum Gasteiger partial charge on any atom is 0.411 e. The molecule has 3 N–H and O–H groups in total. The monoisotopic (exact) mass is 291 g/mol. The molecule has 0 amide bonds. The highest BCUT2D eigenvalue weighted by Gasteiger charge is 2.30. The lowest BCUT2D eigenvalue weighted by Crippen LogP contribution is -2.39. The number of ether oxygens (including phenoxy) is 1. The number of aliphatic hydroxyl groups is 1. The van der Waals surface area contributed by atoms with Gasteiger partial charge in [-0.1, -0.05) is 30.3 Å². The highest BCUT2D eigenvalue weighted by Crippen LogP contribution is 2.28.